The van der Waals surface area contributed by atoms with Crippen molar-refractivity contribution in [3.8, 4) is 0 Å². The molecule has 0 amide bonds. The summed E-state index contributed by atoms with van der Waals surface area (Å²) >= 11 is 4.69. The molecule has 1 aliphatic heterocycles. The predicted octanol–water partition coefficient (Wildman–Crippen LogP) is 1.22. The van der Waals surface area contributed by atoms with Crippen molar-refractivity contribution in [2.75, 3.05) is 23.0 Å². The van der Waals surface area contributed by atoms with Gasteiger partial charge in [0.1, 0.15) is 22.3 Å². The van der Waals surface area contributed by atoms with Gasteiger partial charge in [-0.1, -0.05) is 12.2 Å². The monoisotopic (exact) mass is 320 g/mol. The molecule has 2 rings (SSSR count). The first-order chi connectivity index (χ1) is 9.21. The number of nitrogens with two attached hydrogens (primary N) is 1. The Balaban J connectivity index is 2.41. The Kier molecular flexibility index (Phi) is 3.97. The Labute approximate surface area is 121 Å². The third-order valence-electron chi connectivity index (χ3n) is 3.26. The highest BCUT2D eigenvalue weighted by atomic mass is 32.2. The Morgan fingerprint density at radius 2 is 1.95 bits per heavy atom. The van der Waals surface area contributed by atoms with Crippen LogP contribution in [0.25, 0.3) is 0 Å². The third-order valence-corrected chi connectivity index (χ3v) is 5.29. The zero-order chi connectivity index (χ0) is 15.1. The molecule has 110 valence electrons. The van der Waals surface area contributed by atoms with Crippen LogP contribution in [-0.2, 0) is 9.84 Å². The van der Waals surface area contributed by atoms with Gasteiger partial charge in [-0.15, -0.1) is 0 Å². The molecule has 2 N–H and O–H groups in total. The quantitative estimate of drug-likeness (QED) is 0.830. The Hall–Kier alpha value is -1.28. The van der Waals surface area contributed by atoms with E-state index >= 15 is 0 Å². The fourth-order valence-electron chi connectivity index (χ4n) is 2.31. The first-order valence-electron chi connectivity index (χ1n) is 5.97. The Morgan fingerprint density at radius 1 is 1.40 bits per heavy atom. The van der Waals surface area contributed by atoms with E-state index in [1.807, 2.05) is 0 Å². The summed E-state index contributed by atoms with van der Waals surface area (Å²) in [5.74, 6) is -1.83. The second kappa shape index (κ2) is 5.25. The summed E-state index contributed by atoms with van der Waals surface area (Å²) in [5.41, 5.74) is 5.23. The molecule has 1 aliphatic rings. The van der Waals surface area contributed by atoms with Gasteiger partial charge < -0.3 is 10.6 Å². The zero-order valence-corrected chi connectivity index (χ0v) is 12.4. The minimum atomic E-state index is -3.15. The molecule has 1 fully saturated rings. The van der Waals surface area contributed by atoms with Gasteiger partial charge in [0.15, 0.2) is 9.84 Å². The summed E-state index contributed by atoms with van der Waals surface area (Å²) in [7, 11) is -3.15. The summed E-state index contributed by atoms with van der Waals surface area (Å²) in [6.45, 7) is 1.68. The third kappa shape index (κ3) is 2.90. The van der Waals surface area contributed by atoms with Crippen molar-refractivity contribution >= 4 is 32.7 Å². The molecule has 1 aromatic rings. The highest BCUT2D eigenvalue weighted by molar-refractivity contribution is 7.91. The maximum atomic E-state index is 14.1. The highest BCUT2D eigenvalue weighted by Crippen LogP contribution is 2.28. The lowest BCUT2D eigenvalue weighted by Crippen LogP contribution is -2.47. The van der Waals surface area contributed by atoms with Crippen LogP contribution in [0.5, 0.6) is 0 Å². The van der Waals surface area contributed by atoms with Gasteiger partial charge in [-0.05, 0) is 19.1 Å². The van der Waals surface area contributed by atoms with Crippen molar-refractivity contribution in [2.45, 2.75) is 13.0 Å². The maximum Gasteiger partial charge on any atom is 0.154 e. The molecular weight excluding hydrogens is 306 g/mol. The number of hydrogen-bond donors (Lipinski definition) is 1. The van der Waals surface area contributed by atoms with Gasteiger partial charge in [-0.3, -0.25) is 0 Å². The van der Waals surface area contributed by atoms with E-state index in [1.165, 1.54) is 4.90 Å². The van der Waals surface area contributed by atoms with Crippen LogP contribution in [0.1, 0.15) is 12.5 Å². The number of thiocarbonyl (C=S) groups is 1. The minimum Gasteiger partial charge on any atom is -0.389 e. The number of rotatable bonds is 2. The van der Waals surface area contributed by atoms with Crippen molar-refractivity contribution in [3.63, 3.8) is 0 Å². The van der Waals surface area contributed by atoms with E-state index in [4.69, 9.17) is 5.73 Å². The molecule has 4 nitrogen and oxygen atoms in total. The number of halogens is 2. The van der Waals surface area contributed by atoms with Gasteiger partial charge in [0.25, 0.3) is 0 Å². The smallest absolute Gasteiger partial charge is 0.154 e. The van der Waals surface area contributed by atoms with E-state index in [-0.39, 0.29) is 34.3 Å². The molecule has 0 radical (unpaired) electrons. The minimum absolute atomic E-state index is 0.0593. The summed E-state index contributed by atoms with van der Waals surface area (Å²) in [6.07, 6.45) is 0. The van der Waals surface area contributed by atoms with E-state index in [0.717, 1.165) is 12.1 Å². The van der Waals surface area contributed by atoms with Crippen molar-refractivity contribution in [1.29, 1.82) is 0 Å². The first-order valence-corrected chi connectivity index (χ1v) is 8.20. The van der Waals surface area contributed by atoms with Crippen molar-refractivity contribution in [2.24, 2.45) is 5.73 Å². The van der Waals surface area contributed by atoms with E-state index in [0.29, 0.717) is 0 Å². The fourth-order valence-corrected chi connectivity index (χ4v) is 3.99. The van der Waals surface area contributed by atoms with E-state index in [9.17, 15) is 17.2 Å². The molecule has 1 saturated heterocycles. The van der Waals surface area contributed by atoms with Gasteiger partial charge in [-0.2, -0.15) is 0 Å². The van der Waals surface area contributed by atoms with Crippen LogP contribution in [0, 0.1) is 11.6 Å². The SMILES string of the molecule is CC1CS(=O)(=O)CCN1c1c(F)cc(C(N)=S)cc1F. The number of hydrogen-bond acceptors (Lipinski definition) is 4. The summed E-state index contributed by atoms with van der Waals surface area (Å²) in [5, 5.41) is 0. The largest absolute Gasteiger partial charge is 0.389 e. The predicted molar refractivity (Wildman–Crippen MR) is 77.7 cm³/mol. The Bertz CT molecular complexity index is 638. The molecule has 1 atom stereocenters. The average Bonchev–Trinajstić information content (AvgIpc) is 2.29. The number of benzene rings is 1. The van der Waals surface area contributed by atoms with Crippen LogP contribution in [0.4, 0.5) is 14.5 Å². The van der Waals surface area contributed by atoms with E-state index in [1.54, 1.807) is 6.92 Å². The topological polar surface area (TPSA) is 63.4 Å². The maximum absolute atomic E-state index is 14.1. The van der Waals surface area contributed by atoms with Crippen LogP contribution in [0.3, 0.4) is 0 Å². The lowest BCUT2D eigenvalue weighted by Gasteiger charge is -2.35. The van der Waals surface area contributed by atoms with Gasteiger partial charge in [-0.25, -0.2) is 17.2 Å². The normalized spacial score (nSPS) is 21.8. The molecule has 0 saturated carbocycles. The zero-order valence-electron chi connectivity index (χ0n) is 10.8. The van der Waals surface area contributed by atoms with Crippen LogP contribution in [0.15, 0.2) is 12.1 Å². The van der Waals surface area contributed by atoms with Gasteiger partial charge in [0.05, 0.1) is 11.5 Å². The van der Waals surface area contributed by atoms with E-state index in [2.05, 4.69) is 12.2 Å². The number of nitrogens with zero attached hydrogens (tertiary/aromatic N) is 1. The number of sulfone groups is 1. The summed E-state index contributed by atoms with van der Waals surface area (Å²) in [6, 6.07) is 1.64. The molecule has 8 heteroatoms. The van der Waals surface area contributed by atoms with E-state index < -0.39 is 27.5 Å². The van der Waals surface area contributed by atoms with Crippen LogP contribution in [0.2, 0.25) is 0 Å². The summed E-state index contributed by atoms with van der Waals surface area (Å²) < 4.78 is 51.2. The van der Waals surface area contributed by atoms with Crippen LogP contribution < -0.4 is 10.6 Å². The molecule has 20 heavy (non-hydrogen) atoms. The number of anilines is 1. The summed E-state index contributed by atoms with van der Waals surface area (Å²) in [4.78, 5) is 1.33. The molecule has 0 aliphatic carbocycles. The highest BCUT2D eigenvalue weighted by Gasteiger charge is 2.31. The molecular formula is C12H14F2N2O2S2. The molecule has 0 aromatic heterocycles. The second-order valence-electron chi connectivity index (χ2n) is 4.81. The van der Waals surface area contributed by atoms with Gasteiger partial charge in [0, 0.05) is 18.2 Å². The lowest BCUT2D eigenvalue weighted by molar-refractivity contribution is 0.538. The molecule has 1 heterocycles. The molecule has 0 bridgehead atoms. The van der Waals surface area contributed by atoms with Gasteiger partial charge in [0.2, 0.25) is 0 Å². The molecule has 0 spiro atoms. The van der Waals surface area contributed by atoms with Crippen molar-refractivity contribution < 1.29 is 17.2 Å². The second-order valence-corrected chi connectivity index (χ2v) is 7.48. The lowest BCUT2D eigenvalue weighted by atomic mass is 10.1. The van der Waals surface area contributed by atoms with Crippen LogP contribution in [-0.4, -0.2) is 37.5 Å². The fraction of sp³-hybridized carbons (Fsp3) is 0.417. The average molecular weight is 320 g/mol. The molecule has 1 aromatic carbocycles. The standard InChI is InChI=1S/C12H14F2N2O2S2/c1-7-6-20(17,18)3-2-16(7)11-9(13)4-8(12(15)19)5-10(11)14/h4-5,7H,2-3,6H2,1H3,(H2,15,19). The first kappa shape index (κ1) is 15.1. The van der Waals surface area contributed by atoms with Crippen LogP contribution >= 0.6 is 12.2 Å². The van der Waals surface area contributed by atoms with Crippen molar-refractivity contribution in [3.05, 3.63) is 29.3 Å². The van der Waals surface area contributed by atoms with Gasteiger partial charge >= 0.3 is 0 Å². The molecule has 1 unspecified atom stereocenters. The Morgan fingerprint density at radius 3 is 2.40 bits per heavy atom. The van der Waals surface area contributed by atoms with Crippen molar-refractivity contribution in [1.82, 2.24) is 0 Å².